The van der Waals surface area contributed by atoms with E-state index in [0.717, 1.165) is 10.8 Å². The molecule has 2 aromatic rings. The first-order valence-electron chi connectivity index (χ1n) is 4.97. The van der Waals surface area contributed by atoms with Gasteiger partial charge in [0.1, 0.15) is 6.33 Å². The van der Waals surface area contributed by atoms with Crippen LogP contribution in [0.4, 0.5) is 13.2 Å². The SMILES string of the molecule is CCCc1c(C(F)(F)F)nc2nc[nH]n2c1=O. The number of alkyl halides is 3. The number of H-pyrrole nitrogens is 1. The van der Waals surface area contributed by atoms with Crippen molar-refractivity contribution in [2.75, 3.05) is 0 Å². The Morgan fingerprint density at radius 2 is 2.18 bits per heavy atom. The molecule has 0 radical (unpaired) electrons. The van der Waals surface area contributed by atoms with E-state index in [-0.39, 0.29) is 17.8 Å². The molecule has 2 heterocycles. The molecule has 0 fully saturated rings. The first-order chi connectivity index (χ1) is 7.95. The molecular weight excluding hydrogens is 237 g/mol. The Labute approximate surface area is 93.3 Å². The average molecular weight is 246 g/mol. The van der Waals surface area contributed by atoms with Crippen molar-refractivity contribution in [3.63, 3.8) is 0 Å². The van der Waals surface area contributed by atoms with Gasteiger partial charge in [-0.1, -0.05) is 13.3 Å². The Kier molecular flexibility index (Phi) is 2.64. The molecule has 1 N–H and O–H groups in total. The van der Waals surface area contributed by atoms with Crippen molar-refractivity contribution in [2.45, 2.75) is 25.9 Å². The highest BCUT2D eigenvalue weighted by atomic mass is 19.4. The van der Waals surface area contributed by atoms with Crippen LogP contribution in [0.5, 0.6) is 0 Å². The molecule has 0 bridgehead atoms. The third-order valence-corrected chi connectivity index (χ3v) is 2.29. The Hall–Kier alpha value is -1.86. The maximum atomic E-state index is 12.7. The van der Waals surface area contributed by atoms with E-state index < -0.39 is 17.4 Å². The van der Waals surface area contributed by atoms with Gasteiger partial charge in [-0.25, -0.2) is 9.97 Å². The summed E-state index contributed by atoms with van der Waals surface area (Å²) in [6.45, 7) is 1.70. The summed E-state index contributed by atoms with van der Waals surface area (Å²) in [5.74, 6) is -0.276. The van der Waals surface area contributed by atoms with Gasteiger partial charge >= 0.3 is 6.18 Å². The molecule has 5 nitrogen and oxygen atoms in total. The monoisotopic (exact) mass is 246 g/mol. The van der Waals surface area contributed by atoms with Gasteiger partial charge in [0.15, 0.2) is 5.69 Å². The van der Waals surface area contributed by atoms with Crippen molar-refractivity contribution >= 4 is 5.78 Å². The Bertz CT molecular complexity index is 598. The molecule has 2 aromatic heterocycles. The third-order valence-electron chi connectivity index (χ3n) is 2.29. The molecule has 0 unspecified atom stereocenters. The molecule has 0 aliphatic carbocycles. The summed E-state index contributed by atoms with van der Waals surface area (Å²) in [6.07, 6.45) is -3.06. The smallest absolute Gasteiger partial charge is 0.278 e. The quantitative estimate of drug-likeness (QED) is 0.870. The van der Waals surface area contributed by atoms with Gasteiger partial charge in [0, 0.05) is 0 Å². The topological polar surface area (TPSA) is 63.1 Å². The summed E-state index contributed by atoms with van der Waals surface area (Å²) >= 11 is 0. The predicted molar refractivity (Wildman–Crippen MR) is 52.6 cm³/mol. The van der Waals surface area contributed by atoms with Crippen LogP contribution in [0.15, 0.2) is 11.1 Å². The van der Waals surface area contributed by atoms with E-state index in [0.29, 0.717) is 6.42 Å². The van der Waals surface area contributed by atoms with Crippen molar-refractivity contribution in [1.29, 1.82) is 0 Å². The van der Waals surface area contributed by atoms with Crippen LogP contribution in [0.25, 0.3) is 5.78 Å². The molecule has 0 atom stereocenters. The highest BCUT2D eigenvalue weighted by Gasteiger charge is 2.37. The summed E-state index contributed by atoms with van der Waals surface area (Å²) in [4.78, 5) is 18.7. The van der Waals surface area contributed by atoms with Gasteiger partial charge in [0.2, 0.25) is 0 Å². The van der Waals surface area contributed by atoms with E-state index in [1.807, 2.05) is 0 Å². The Balaban J connectivity index is 2.80. The van der Waals surface area contributed by atoms with Gasteiger partial charge in [-0.05, 0) is 6.42 Å². The van der Waals surface area contributed by atoms with Crippen LogP contribution in [0.2, 0.25) is 0 Å². The van der Waals surface area contributed by atoms with Crippen LogP contribution in [-0.4, -0.2) is 19.6 Å². The fourth-order valence-corrected chi connectivity index (χ4v) is 1.60. The molecule has 0 spiro atoms. The maximum Gasteiger partial charge on any atom is 0.433 e. The van der Waals surface area contributed by atoms with Crippen LogP contribution >= 0.6 is 0 Å². The van der Waals surface area contributed by atoms with Gasteiger partial charge in [-0.3, -0.25) is 9.89 Å². The molecule has 8 heteroatoms. The van der Waals surface area contributed by atoms with Crippen LogP contribution in [0.1, 0.15) is 24.6 Å². The summed E-state index contributed by atoms with van der Waals surface area (Å²) in [6, 6.07) is 0. The highest BCUT2D eigenvalue weighted by molar-refractivity contribution is 5.32. The summed E-state index contributed by atoms with van der Waals surface area (Å²) in [7, 11) is 0. The number of halogens is 3. The lowest BCUT2D eigenvalue weighted by Gasteiger charge is -2.10. The zero-order chi connectivity index (χ0) is 12.6. The second-order valence-corrected chi connectivity index (χ2v) is 3.51. The zero-order valence-corrected chi connectivity index (χ0v) is 8.88. The minimum absolute atomic E-state index is 0.0304. The Morgan fingerprint density at radius 1 is 1.47 bits per heavy atom. The standard InChI is InChI=1S/C9H9F3N4O/c1-2-3-5-6(9(10,11)12)15-8-13-4-14-16(8)7(5)17/h4H,2-3H2,1H3,(H,13,14,15). The van der Waals surface area contributed by atoms with E-state index in [1.165, 1.54) is 0 Å². The number of aromatic nitrogens is 4. The van der Waals surface area contributed by atoms with Gasteiger partial charge in [0.05, 0.1) is 5.56 Å². The van der Waals surface area contributed by atoms with Crippen molar-refractivity contribution < 1.29 is 13.2 Å². The molecular formula is C9H9F3N4O. The lowest BCUT2D eigenvalue weighted by molar-refractivity contribution is -0.141. The number of fused-ring (bicyclic) bond motifs is 1. The Morgan fingerprint density at radius 3 is 2.76 bits per heavy atom. The molecule has 0 saturated heterocycles. The molecule has 2 rings (SSSR count). The molecule has 17 heavy (non-hydrogen) atoms. The molecule has 0 aliphatic rings. The molecule has 0 saturated carbocycles. The largest absolute Gasteiger partial charge is 0.433 e. The number of hydrogen-bond acceptors (Lipinski definition) is 3. The number of rotatable bonds is 2. The van der Waals surface area contributed by atoms with Gasteiger partial charge in [-0.2, -0.15) is 17.7 Å². The minimum atomic E-state index is -4.64. The number of nitrogens with one attached hydrogen (secondary N) is 1. The van der Waals surface area contributed by atoms with Gasteiger partial charge < -0.3 is 0 Å². The summed E-state index contributed by atoms with van der Waals surface area (Å²) in [5.41, 5.74) is -2.22. The lowest BCUT2D eigenvalue weighted by atomic mass is 10.1. The molecule has 0 amide bonds. The van der Waals surface area contributed by atoms with Crippen molar-refractivity contribution in [3.8, 4) is 0 Å². The van der Waals surface area contributed by atoms with Crippen LogP contribution in [-0.2, 0) is 12.6 Å². The average Bonchev–Trinajstić information content (AvgIpc) is 2.68. The fourth-order valence-electron chi connectivity index (χ4n) is 1.60. The maximum absolute atomic E-state index is 12.7. The number of nitrogens with zero attached hydrogens (tertiary/aromatic N) is 3. The van der Waals surface area contributed by atoms with Crippen molar-refractivity contribution in [1.82, 2.24) is 19.6 Å². The summed E-state index contributed by atoms with van der Waals surface area (Å²) in [5, 5.41) is 2.43. The number of hydrogen-bond donors (Lipinski definition) is 1. The third kappa shape index (κ3) is 1.90. The molecule has 0 aromatic carbocycles. The predicted octanol–water partition coefficient (Wildman–Crippen LogP) is 1.39. The van der Waals surface area contributed by atoms with E-state index in [9.17, 15) is 18.0 Å². The van der Waals surface area contributed by atoms with Crippen LogP contribution < -0.4 is 5.56 Å². The van der Waals surface area contributed by atoms with E-state index in [1.54, 1.807) is 6.92 Å². The highest BCUT2D eigenvalue weighted by Crippen LogP contribution is 2.29. The second-order valence-electron chi connectivity index (χ2n) is 3.51. The van der Waals surface area contributed by atoms with E-state index in [2.05, 4.69) is 15.1 Å². The van der Waals surface area contributed by atoms with Crippen molar-refractivity contribution in [3.05, 3.63) is 27.9 Å². The normalized spacial score (nSPS) is 12.2. The van der Waals surface area contributed by atoms with Gasteiger partial charge in [0.25, 0.3) is 11.3 Å². The fraction of sp³-hybridized carbons (Fsp3) is 0.444. The molecule has 0 aliphatic heterocycles. The van der Waals surface area contributed by atoms with Crippen LogP contribution in [0.3, 0.4) is 0 Å². The summed E-state index contributed by atoms with van der Waals surface area (Å²) < 4.78 is 39.1. The zero-order valence-electron chi connectivity index (χ0n) is 8.88. The van der Waals surface area contributed by atoms with Crippen LogP contribution in [0, 0.1) is 0 Å². The minimum Gasteiger partial charge on any atom is -0.278 e. The van der Waals surface area contributed by atoms with Gasteiger partial charge in [-0.15, -0.1) is 0 Å². The number of aromatic amines is 1. The van der Waals surface area contributed by atoms with E-state index >= 15 is 0 Å². The second kappa shape index (κ2) is 3.86. The van der Waals surface area contributed by atoms with E-state index in [4.69, 9.17) is 0 Å². The first-order valence-corrected chi connectivity index (χ1v) is 4.97. The molecule has 92 valence electrons. The lowest BCUT2D eigenvalue weighted by Crippen LogP contribution is -2.26. The first kappa shape index (κ1) is 11.6. The van der Waals surface area contributed by atoms with Crippen molar-refractivity contribution in [2.24, 2.45) is 0 Å².